The Balaban J connectivity index is 2.23. The fourth-order valence-electron chi connectivity index (χ4n) is 1.76. The third kappa shape index (κ3) is 4.29. The summed E-state index contributed by atoms with van der Waals surface area (Å²) in [4.78, 5) is 23.5. The van der Waals surface area contributed by atoms with E-state index in [1.54, 1.807) is 0 Å². The summed E-state index contributed by atoms with van der Waals surface area (Å²) in [5, 5.41) is 11.5. The predicted octanol–water partition coefficient (Wildman–Crippen LogP) is 0.0616. The average Bonchev–Trinajstić information content (AvgIpc) is 2.20. The van der Waals surface area contributed by atoms with E-state index in [0.717, 1.165) is 25.9 Å². The second kappa shape index (κ2) is 5.70. The molecule has 86 valence electrons. The highest BCUT2D eigenvalue weighted by atomic mass is 16.4. The molecule has 5 heteroatoms. The summed E-state index contributed by atoms with van der Waals surface area (Å²) in [6.07, 6.45) is 2.20. The number of likely N-dealkylation sites (tertiary alicyclic amines) is 1. The van der Waals surface area contributed by atoms with Crippen LogP contribution in [0.15, 0.2) is 0 Å². The van der Waals surface area contributed by atoms with Gasteiger partial charge in [-0.1, -0.05) is 6.92 Å². The summed E-state index contributed by atoms with van der Waals surface area (Å²) in [5.41, 5.74) is 0. The molecule has 0 aliphatic carbocycles. The fraction of sp³-hybridized carbons (Fsp3) is 0.800. The Morgan fingerprint density at radius 1 is 1.40 bits per heavy atom. The number of hydrogen-bond donors (Lipinski definition) is 2. The standard InChI is InChI=1S/C10H18N2O3/c1-2-9(13)11-8-3-5-12(6-4-8)7-10(14)15/h8H,2-7H2,1H3,(H,11,13)(H,14,15). The maximum absolute atomic E-state index is 11.1. The molecule has 0 saturated carbocycles. The lowest BCUT2D eigenvalue weighted by Gasteiger charge is -2.31. The Hall–Kier alpha value is -1.10. The van der Waals surface area contributed by atoms with Gasteiger partial charge in [-0.15, -0.1) is 0 Å². The summed E-state index contributed by atoms with van der Waals surface area (Å²) in [6, 6.07) is 0.225. The van der Waals surface area contributed by atoms with E-state index < -0.39 is 5.97 Å². The number of aliphatic carboxylic acids is 1. The van der Waals surface area contributed by atoms with Crippen LogP contribution in [0.1, 0.15) is 26.2 Å². The molecule has 0 aromatic heterocycles. The number of nitrogens with one attached hydrogen (secondary N) is 1. The van der Waals surface area contributed by atoms with Gasteiger partial charge in [0, 0.05) is 25.6 Å². The third-order valence-corrected chi connectivity index (χ3v) is 2.63. The molecule has 0 aromatic carbocycles. The highest BCUT2D eigenvalue weighted by molar-refractivity contribution is 5.75. The monoisotopic (exact) mass is 214 g/mol. The van der Waals surface area contributed by atoms with Crippen LogP contribution in [0.3, 0.4) is 0 Å². The van der Waals surface area contributed by atoms with E-state index in [1.807, 2.05) is 11.8 Å². The van der Waals surface area contributed by atoms with Gasteiger partial charge < -0.3 is 10.4 Å². The molecule has 5 nitrogen and oxygen atoms in total. The third-order valence-electron chi connectivity index (χ3n) is 2.63. The Morgan fingerprint density at radius 2 is 2.00 bits per heavy atom. The molecule has 0 spiro atoms. The van der Waals surface area contributed by atoms with Gasteiger partial charge >= 0.3 is 5.97 Å². The van der Waals surface area contributed by atoms with Crippen LogP contribution in [0.5, 0.6) is 0 Å². The molecule has 0 atom stereocenters. The van der Waals surface area contributed by atoms with E-state index >= 15 is 0 Å². The molecule has 1 heterocycles. The largest absolute Gasteiger partial charge is 0.480 e. The number of carbonyl (C=O) groups excluding carboxylic acids is 1. The van der Waals surface area contributed by atoms with Crippen LogP contribution >= 0.6 is 0 Å². The van der Waals surface area contributed by atoms with Gasteiger partial charge in [0.15, 0.2) is 0 Å². The van der Waals surface area contributed by atoms with Crippen LogP contribution in [-0.4, -0.2) is 47.6 Å². The normalized spacial score (nSPS) is 18.7. The van der Waals surface area contributed by atoms with Gasteiger partial charge in [0.05, 0.1) is 6.54 Å². The second-order valence-corrected chi connectivity index (χ2v) is 3.87. The zero-order valence-corrected chi connectivity index (χ0v) is 9.03. The molecule has 0 aromatic rings. The molecule has 0 unspecified atom stereocenters. The van der Waals surface area contributed by atoms with Crippen LogP contribution in [-0.2, 0) is 9.59 Å². The maximum Gasteiger partial charge on any atom is 0.317 e. The zero-order valence-electron chi connectivity index (χ0n) is 9.03. The Bertz CT molecular complexity index is 235. The van der Waals surface area contributed by atoms with Crippen LogP contribution in [0, 0.1) is 0 Å². The summed E-state index contributed by atoms with van der Waals surface area (Å²) in [6.45, 7) is 3.44. The number of rotatable bonds is 4. The predicted molar refractivity (Wildman–Crippen MR) is 55.5 cm³/mol. The minimum Gasteiger partial charge on any atom is -0.480 e. The maximum atomic E-state index is 11.1. The van der Waals surface area contributed by atoms with Crippen LogP contribution < -0.4 is 5.32 Å². The van der Waals surface area contributed by atoms with Crippen molar-refractivity contribution in [3.8, 4) is 0 Å². The summed E-state index contributed by atoms with van der Waals surface area (Å²) < 4.78 is 0. The minimum atomic E-state index is -0.786. The van der Waals surface area contributed by atoms with Gasteiger partial charge in [0.1, 0.15) is 0 Å². The lowest BCUT2D eigenvalue weighted by atomic mass is 10.0. The summed E-state index contributed by atoms with van der Waals surface area (Å²) in [5.74, 6) is -0.710. The van der Waals surface area contributed by atoms with E-state index in [1.165, 1.54) is 0 Å². The number of nitrogens with zero attached hydrogens (tertiary/aromatic N) is 1. The molecule has 2 N–H and O–H groups in total. The second-order valence-electron chi connectivity index (χ2n) is 3.87. The first-order chi connectivity index (χ1) is 7.11. The van der Waals surface area contributed by atoms with Crippen molar-refractivity contribution in [2.24, 2.45) is 0 Å². The molecule has 1 aliphatic heterocycles. The molecule has 15 heavy (non-hydrogen) atoms. The number of carbonyl (C=O) groups is 2. The van der Waals surface area contributed by atoms with Crippen molar-refractivity contribution in [1.82, 2.24) is 10.2 Å². The van der Waals surface area contributed by atoms with E-state index in [9.17, 15) is 9.59 Å². The number of hydrogen-bond acceptors (Lipinski definition) is 3. The highest BCUT2D eigenvalue weighted by Gasteiger charge is 2.21. The quantitative estimate of drug-likeness (QED) is 0.694. The number of piperidine rings is 1. The summed E-state index contributed by atoms with van der Waals surface area (Å²) in [7, 11) is 0. The van der Waals surface area contributed by atoms with Gasteiger partial charge in [-0.3, -0.25) is 14.5 Å². The number of carboxylic acid groups (broad SMARTS) is 1. The van der Waals surface area contributed by atoms with Crippen molar-refractivity contribution >= 4 is 11.9 Å². The van der Waals surface area contributed by atoms with Crippen LogP contribution in [0.4, 0.5) is 0 Å². The van der Waals surface area contributed by atoms with E-state index in [0.29, 0.717) is 6.42 Å². The van der Waals surface area contributed by atoms with Crippen molar-refractivity contribution < 1.29 is 14.7 Å². The summed E-state index contributed by atoms with van der Waals surface area (Å²) >= 11 is 0. The SMILES string of the molecule is CCC(=O)NC1CCN(CC(=O)O)CC1. The van der Waals surface area contributed by atoms with E-state index in [4.69, 9.17) is 5.11 Å². The minimum absolute atomic E-state index is 0.0756. The molecular formula is C10H18N2O3. The topological polar surface area (TPSA) is 69.6 Å². The Kier molecular flexibility index (Phi) is 4.55. The van der Waals surface area contributed by atoms with Crippen molar-refractivity contribution in [3.05, 3.63) is 0 Å². The first-order valence-electron chi connectivity index (χ1n) is 5.35. The lowest BCUT2D eigenvalue weighted by molar-refractivity contribution is -0.138. The first-order valence-corrected chi connectivity index (χ1v) is 5.35. The molecule has 1 rings (SSSR count). The fourth-order valence-corrected chi connectivity index (χ4v) is 1.76. The van der Waals surface area contributed by atoms with Gasteiger partial charge in [0.2, 0.25) is 5.91 Å². The van der Waals surface area contributed by atoms with Crippen molar-refractivity contribution in [2.75, 3.05) is 19.6 Å². The van der Waals surface area contributed by atoms with Gasteiger partial charge in [-0.05, 0) is 12.8 Å². The smallest absolute Gasteiger partial charge is 0.317 e. The molecule has 1 fully saturated rings. The molecule has 0 radical (unpaired) electrons. The molecular weight excluding hydrogens is 196 g/mol. The van der Waals surface area contributed by atoms with Gasteiger partial charge in [-0.25, -0.2) is 0 Å². The van der Waals surface area contributed by atoms with Crippen molar-refractivity contribution in [3.63, 3.8) is 0 Å². The molecule has 1 saturated heterocycles. The van der Waals surface area contributed by atoms with E-state index in [2.05, 4.69) is 5.32 Å². The van der Waals surface area contributed by atoms with Crippen molar-refractivity contribution in [1.29, 1.82) is 0 Å². The van der Waals surface area contributed by atoms with Gasteiger partial charge in [0.25, 0.3) is 0 Å². The number of carboxylic acids is 1. The van der Waals surface area contributed by atoms with Crippen molar-refractivity contribution in [2.45, 2.75) is 32.2 Å². The molecule has 1 amide bonds. The Labute approximate surface area is 89.4 Å². The first kappa shape index (κ1) is 12.0. The highest BCUT2D eigenvalue weighted by Crippen LogP contribution is 2.09. The van der Waals surface area contributed by atoms with Crippen LogP contribution in [0.25, 0.3) is 0 Å². The Morgan fingerprint density at radius 3 is 2.47 bits per heavy atom. The molecule has 1 aliphatic rings. The molecule has 0 bridgehead atoms. The van der Waals surface area contributed by atoms with E-state index in [-0.39, 0.29) is 18.5 Å². The van der Waals surface area contributed by atoms with Crippen LogP contribution in [0.2, 0.25) is 0 Å². The zero-order chi connectivity index (χ0) is 11.3. The average molecular weight is 214 g/mol. The van der Waals surface area contributed by atoms with Gasteiger partial charge in [-0.2, -0.15) is 0 Å². The number of amides is 1. The lowest BCUT2D eigenvalue weighted by Crippen LogP contribution is -2.45.